The number of carbonyl (C=O) groups is 1. The second kappa shape index (κ2) is 5.57. The van der Waals surface area contributed by atoms with Gasteiger partial charge < -0.3 is 15.4 Å². The molecule has 2 N–H and O–H groups in total. The molecule has 0 bridgehead atoms. The monoisotopic (exact) mass is 325 g/mol. The van der Waals surface area contributed by atoms with Gasteiger partial charge in [-0.2, -0.15) is 0 Å². The summed E-state index contributed by atoms with van der Waals surface area (Å²) in [5.74, 6) is -0.859. The number of halogens is 1. The third-order valence-corrected chi connectivity index (χ3v) is 3.04. The van der Waals surface area contributed by atoms with Crippen LogP contribution in [0.15, 0.2) is 29.0 Å². The molecule has 0 aliphatic heterocycles. The molecule has 0 saturated carbocycles. The van der Waals surface area contributed by atoms with Crippen molar-refractivity contribution in [3.63, 3.8) is 0 Å². The van der Waals surface area contributed by atoms with Crippen LogP contribution in [0.25, 0.3) is 0 Å². The Balaban J connectivity index is 2.07. The lowest BCUT2D eigenvalue weighted by molar-refractivity contribution is -0.390. The molecular weight excluding hydrogens is 318 g/mol. The maximum atomic E-state index is 11.8. The fraction of sp³-hybridized carbons (Fsp3) is 0.100. The van der Waals surface area contributed by atoms with Crippen molar-refractivity contribution in [3.8, 4) is 0 Å². The van der Waals surface area contributed by atoms with Gasteiger partial charge in [-0.1, -0.05) is 5.10 Å². The lowest BCUT2D eigenvalue weighted by Gasteiger charge is -2.02. The zero-order valence-electron chi connectivity index (χ0n) is 9.46. The molecule has 9 heteroatoms. The number of aromatic nitrogens is 3. The van der Waals surface area contributed by atoms with Crippen molar-refractivity contribution < 1.29 is 9.72 Å². The lowest BCUT2D eigenvalue weighted by Crippen LogP contribution is -2.23. The summed E-state index contributed by atoms with van der Waals surface area (Å²) in [6, 6.07) is 3.50. The number of amides is 1. The van der Waals surface area contributed by atoms with Gasteiger partial charge in [0.1, 0.15) is 4.47 Å². The molecule has 2 rings (SSSR count). The van der Waals surface area contributed by atoms with E-state index in [0.29, 0.717) is 0 Å². The average Bonchev–Trinajstić information content (AvgIpc) is 2.79. The van der Waals surface area contributed by atoms with E-state index in [-0.39, 0.29) is 22.5 Å². The Labute approximate surface area is 115 Å². The molecule has 0 unspecified atom stereocenters. The van der Waals surface area contributed by atoms with Crippen LogP contribution in [0.2, 0.25) is 0 Å². The number of nitro groups is 1. The van der Waals surface area contributed by atoms with Crippen LogP contribution in [-0.4, -0.2) is 26.0 Å². The summed E-state index contributed by atoms with van der Waals surface area (Å²) in [5, 5.41) is 19.0. The number of hydrogen-bond donors (Lipinski definition) is 2. The second-order valence-electron chi connectivity index (χ2n) is 3.53. The van der Waals surface area contributed by atoms with Gasteiger partial charge in [0.05, 0.1) is 0 Å². The summed E-state index contributed by atoms with van der Waals surface area (Å²) in [6.07, 6.45) is 3.22. The summed E-state index contributed by atoms with van der Waals surface area (Å²) < 4.78 is 0.0322. The number of nitrogens with one attached hydrogen (secondary N) is 2. The van der Waals surface area contributed by atoms with Crippen molar-refractivity contribution in [1.82, 2.24) is 20.5 Å². The summed E-state index contributed by atoms with van der Waals surface area (Å²) in [4.78, 5) is 25.6. The van der Waals surface area contributed by atoms with Crippen molar-refractivity contribution in [2.75, 3.05) is 0 Å². The van der Waals surface area contributed by atoms with Crippen LogP contribution in [-0.2, 0) is 6.54 Å². The molecule has 2 heterocycles. The van der Waals surface area contributed by atoms with E-state index in [4.69, 9.17) is 0 Å². The number of nitrogens with zero attached hydrogens (tertiary/aromatic N) is 3. The van der Waals surface area contributed by atoms with Gasteiger partial charge in [-0.25, -0.2) is 0 Å². The zero-order chi connectivity index (χ0) is 13.8. The van der Waals surface area contributed by atoms with E-state index in [1.165, 1.54) is 0 Å². The number of aromatic amines is 1. The number of H-pyrrole nitrogens is 1. The summed E-state index contributed by atoms with van der Waals surface area (Å²) in [5.41, 5.74) is 0.810. The highest BCUT2D eigenvalue weighted by molar-refractivity contribution is 9.10. The fourth-order valence-corrected chi connectivity index (χ4v) is 1.86. The van der Waals surface area contributed by atoms with E-state index in [2.05, 4.69) is 36.4 Å². The van der Waals surface area contributed by atoms with Crippen molar-refractivity contribution >= 4 is 27.7 Å². The van der Waals surface area contributed by atoms with E-state index in [9.17, 15) is 14.9 Å². The fourth-order valence-electron chi connectivity index (χ4n) is 1.36. The molecule has 0 aromatic carbocycles. The highest BCUT2D eigenvalue weighted by Gasteiger charge is 2.24. The smallest absolute Gasteiger partial charge is 0.357 e. The molecule has 0 fully saturated rings. The molecule has 0 aliphatic carbocycles. The van der Waals surface area contributed by atoms with Gasteiger partial charge in [0.15, 0.2) is 5.69 Å². The Bertz CT molecular complexity index is 613. The zero-order valence-corrected chi connectivity index (χ0v) is 11.0. The quantitative estimate of drug-likeness (QED) is 0.651. The van der Waals surface area contributed by atoms with Crippen LogP contribution < -0.4 is 5.32 Å². The van der Waals surface area contributed by atoms with Gasteiger partial charge in [0.2, 0.25) is 0 Å². The highest BCUT2D eigenvalue weighted by atomic mass is 79.9. The van der Waals surface area contributed by atoms with Gasteiger partial charge >= 0.3 is 5.82 Å². The van der Waals surface area contributed by atoms with Crippen LogP contribution in [0.1, 0.15) is 16.1 Å². The Morgan fingerprint density at radius 1 is 1.47 bits per heavy atom. The largest absolute Gasteiger partial charge is 0.358 e. The molecule has 8 nitrogen and oxygen atoms in total. The molecule has 2 aromatic heterocycles. The number of hydrogen-bond acceptors (Lipinski definition) is 5. The average molecular weight is 326 g/mol. The predicted octanol–water partition coefficient (Wildman–Crippen LogP) is 1.41. The molecular formula is C10H8BrN5O3. The first-order chi connectivity index (χ1) is 9.09. The van der Waals surface area contributed by atoms with E-state index < -0.39 is 10.8 Å². The van der Waals surface area contributed by atoms with Crippen LogP contribution in [0.4, 0.5) is 5.82 Å². The second-order valence-corrected chi connectivity index (χ2v) is 4.32. The SMILES string of the molecule is O=C(NCc1ccncc1)c1n[nH]c([N+](=O)[O-])c1Br. The minimum Gasteiger partial charge on any atom is -0.358 e. The van der Waals surface area contributed by atoms with E-state index in [1.54, 1.807) is 24.5 Å². The third-order valence-electron chi connectivity index (χ3n) is 2.29. The number of rotatable bonds is 4. The summed E-state index contributed by atoms with van der Waals surface area (Å²) in [7, 11) is 0. The summed E-state index contributed by atoms with van der Waals surface area (Å²) in [6.45, 7) is 0.286. The molecule has 0 radical (unpaired) electrons. The molecule has 19 heavy (non-hydrogen) atoms. The highest BCUT2D eigenvalue weighted by Crippen LogP contribution is 2.25. The topological polar surface area (TPSA) is 114 Å². The van der Waals surface area contributed by atoms with E-state index >= 15 is 0 Å². The van der Waals surface area contributed by atoms with Gasteiger partial charge in [0.25, 0.3) is 5.91 Å². The molecule has 0 spiro atoms. The van der Waals surface area contributed by atoms with Crippen molar-refractivity contribution in [2.45, 2.75) is 6.54 Å². The van der Waals surface area contributed by atoms with Crippen LogP contribution in [0.5, 0.6) is 0 Å². The molecule has 98 valence electrons. The first-order valence-corrected chi connectivity index (χ1v) is 5.94. The van der Waals surface area contributed by atoms with Gasteiger partial charge in [-0.3, -0.25) is 9.78 Å². The standard InChI is InChI=1S/C10H8BrN5O3/c11-7-8(14-15-9(7)16(18)19)10(17)13-5-6-1-3-12-4-2-6/h1-4H,5H2,(H,13,17)(H,14,15). The number of carbonyl (C=O) groups excluding carboxylic acids is 1. The first kappa shape index (κ1) is 13.1. The Morgan fingerprint density at radius 2 is 2.16 bits per heavy atom. The molecule has 0 aliphatic rings. The van der Waals surface area contributed by atoms with Crippen LogP contribution in [0.3, 0.4) is 0 Å². The van der Waals surface area contributed by atoms with Crippen LogP contribution in [0, 0.1) is 10.1 Å². The van der Waals surface area contributed by atoms with Crippen molar-refractivity contribution in [3.05, 3.63) is 50.4 Å². The van der Waals surface area contributed by atoms with Gasteiger partial charge in [-0.15, -0.1) is 5.10 Å². The molecule has 2 aromatic rings. The lowest BCUT2D eigenvalue weighted by atomic mass is 10.2. The Hall–Kier alpha value is -2.29. The van der Waals surface area contributed by atoms with E-state index in [0.717, 1.165) is 5.56 Å². The maximum absolute atomic E-state index is 11.8. The van der Waals surface area contributed by atoms with Gasteiger partial charge in [-0.05, 0) is 38.5 Å². The first-order valence-electron chi connectivity index (χ1n) is 5.15. The third kappa shape index (κ3) is 2.94. The molecule has 1 amide bonds. The Morgan fingerprint density at radius 3 is 2.74 bits per heavy atom. The van der Waals surface area contributed by atoms with Crippen molar-refractivity contribution in [1.29, 1.82) is 0 Å². The number of pyridine rings is 1. The maximum Gasteiger partial charge on any atom is 0.357 e. The predicted molar refractivity (Wildman–Crippen MR) is 68.3 cm³/mol. The molecule has 0 atom stereocenters. The van der Waals surface area contributed by atoms with Gasteiger partial charge in [0, 0.05) is 18.9 Å². The minimum atomic E-state index is -0.656. The minimum absolute atomic E-state index is 0.0322. The molecule has 0 saturated heterocycles. The van der Waals surface area contributed by atoms with Crippen molar-refractivity contribution in [2.24, 2.45) is 0 Å². The Kier molecular flexibility index (Phi) is 3.85. The normalized spacial score (nSPS) is 10.2. The van der Waals surface area contributed by atoms with E-state index in [1.807, 2.05) is 0 Å². The summed E-state index contributed by atoms with van der Waals surface area (Å²) >= 11 is 2.97. The van der Waals surface area contributed by atoms with Crippen LogP contribution >= 0.6 is 15.9 Å².